The summed E-state index contributed by atoms with van der Waals surface area (Å²) in [5, 5.41) is 35.5. The number of anilines is 2. The number of hydrogen-bond donors (Lipinski definition) is 1. The summed E-state index contributed by atoms with van der Waals surface area (Å²) in [5.74, 6) is 0. The number of nitro groups is 3. The molecule has 10 nitrogen and oxygen atoms in total. The van der Waals surface area contributed by atoms with Crippen LogP contribution in [-0.2, 0) is 0 Å². The van der Waals surface area contributed by atoms with Gasteiger partial charge < -0.3 is 5.32 Å². The van der Waals surface area contributed by atoms with Crippen LogP contribution in [0.4, 0.5) is 28.4 Å². The zero-order valence-corrected chi connectivity index (χ0v) is 17.5. The minimum absolute atomic E-state index is 0.0404. The first kappa shape index (κ1) is 21.6. The minimum Gasteiger partial charge on any atom is -0.342 e. The number of nitro benzene ring substituents is 3. The van der Waals surface area contributed by atoms with Crippen molar-refractivity contribution < 1.29 is 14.8 Å². The van der Waals surface area contributed by atoms with Crippen molar-refractivity contribution in [1.82, 2.24) is 0 Å². The molecule has 0 heterocycles. The molecule has 0 amide bonds. The van der Waals surface area contributed by atoms with Crippen LogP contribution in [0.2, 0.25) is 20.1 Å². The van der Waals surface area contributed by atoms with Crippen LogP contribution in [0.25, 0.3) is 0 Å². The molecule has 0 aliphatic heterocycles. The van der Waals surface area contributed by atoms with Crippen LogP contribution in [-0.4, -0.2) is 14.8 Å². The van der Waals surface area contributed by atoms with Crippen molar-refractivity contribution in [2.24, 2.45) is 0 Å². The third kappa shape index (κ3) is 4.11. The second kappa shape index (κ2) is 8.14. The molecule has 0 fully saturated rings. The van der Waals surface area contributed by atoms with E-state index in [1.807, 2.05) is 0 Å². The van der Waals surface area contributed by atoms with Crippen LogP contribution in [0.1, 0.15) is 0 Å². The van der Waals surface area contributed by atoms with Crippen LogP contribution in [0, 0.1) is 33.9 Å². The van der Waals surface area contributed by atoms with Gasteiger partial charge in [-0.05, 0) is 22.6 Å². The molecule has 2 aromatic rings. The Balaban J connectivity index is 2.82. The third-order valence-electron chi connectivity index (χ3n) is 3.15. The summed E-state index contributed by atoms with van der Waals surface area (Å²) in [6.07, 6.45) is 0. The van der Waals surface area contributed by atoms with Gasteiger partial charge >= 0.3 is 11.4 Å². The SMILES string of the molecule is O=[N+]([O-])c1cc([N+](=O)[O-])c(Nc2c(Cl)c(Cl)c(I)c(Cl)c2Cl)c([N+](=O)[O-])c1. The molecular weight excluding hydrogens is 565 g/mol. The zero-order valence-electron chi connectivity index (χ0n) is 12.3. The van der Waals surface area contributed by atoms with Crippen molar-refractivity contribution in [3.8, 4) is 0 Å². The first-order valence-corrected chi connectivity index (χ1v) is 8.96. The molecule has 0 saturated heterocycles. The van der Waals surface area contributed by atoms with Crippen molar-refractivity contribution in [2.75, 3.05) is 5.32 Å². The maximum Gasteiger partial charge on any atom is 0.306 e. The van der Waals surface area contributed by atoms with E-state index in [2.05, 4.69) is 5.32 Å². The molecule has 27 heavy (non-hydrogen) atoms. The van der Waals surface area contributed by atoms with E-state index in [9.17, 15) is 30.3 Å². The number of rotatable bonds is 5. The molecule has 0 atom stereocenters. The Morgan fingerprint density at radius 2 is 1.15 bits per heavy atom. The summed E-state index contributed by atoms with van der Waals surface area (Å²) < 4.78 is 0.296. The monoisotopic (exact) mass is 566 g/mol. The quantitative estimate of drug-likeness (QED) is 0.145. The second-order valence-corrected chi connectivity index (χ2v) is 7.29. The van der Waals surface area contributed by atoms with Crippen molar-refractivity contribution >= 4 is 97.4 Å². The van der Waals surface area contributed by atoms with E-state index in [-0.39, 0.29) is 25.8 Å². The standard InChI is InChI=1S/C12H3Cl4IN4O6/c13-6-8(15)12(9(16)7(14)10(6)17)18-11-4(20(24)25)1-3(19(22)23)2-5(11)21(26)27/h1-2,18H. The van der Waals surface area contributed by atoms with E-state index in [1.165, 1.54) is 0 Å². The van der Waals surface area contributed by atoms with Crippen LogP contribution in [0.15, 0.2) is 12.1 Å². The highest BCUT2D eigenvalue weighted by Gasteiger charge is 2.32. The Morgan fingerprint density at radius 1 is 0.741 bits per heavy atom. The highest BCUT2D eigenvalue weighted by Crippen LogP contribution is 2.48. The van der Waals surface area contributed by atoms with Gasteiger partial charge in [0.05, 0.1) is 56.3 Å². The van der Waals surface area contributed by atoms with Gasteiger partial charge in [-0.3, -0.25) is 30.3 Å². The van der Waals surface area contributed by atoms with Crippen LogP contribution in [0.5, 0.6) is 0 Å². The predicted octanol–water partition coefficient (Wildman–Crippen LogP) is 6.37. The van der Waals surface area contributed by atoms with Crippen molar-refractivity contribution in [3.05, 3.63) is 66.1 Å². The zero-order chi connectivity index (χ0) is 20.6. The van der Waals surface area contributed by atoms with E-state index in [1.54, 1.807) is 22.6 Å². The predicted molar refractivity (Wildman–Crippen MR) is 109 cm³/mol. The molecule has 0 spiro atoms. The Bertz CT molecular complexity index is 954. The second-order valence-electron chi connectivity index (χ2n) is 4.70. The van der Waals surface area contributed by atoms with Gasteiger partial charge in [0, 0.05) is 0 Å². The topological polar surface area (TPSA) is 141 Å². The summed E-state index contributed by atoms with van der Waals surface area (Å²) >= 11 is 26.0. The Hall–Kier alpha value is -1.67. The fourth-order valence-electron chi connectivity index (χ4n) is 1.96. The summed E-state index contributed by atoms with van der Waals surface area (Å²) in [4.78, 5) is 30.5. The molecule has 2 rings (SSSR count). The number of halogens is 5. The highest BCUT2D eigenvalue weighted by atomic mass is 127. The van der Waals surface area contributed by atoms with Crippen LogP contribution < -0.4 is 5.32 Å². The molecule has 142 valence electrons. The summed E-state index contributed by atoms with van der Waals surface area (Å²) in [5.41, 5.74) is -3.61. The average molecular weight is 568 g/mol. The largest absolute Gasteiger partial charge is 0.342 e. The van der Waals surface area contributed by atoms with Gasteiger partial charge in [-0.25, -0.2) is 0 Å². The van der Waals surface area contributed by atoms with Crippen molar-refractivity contribution in [2.45, 2.75) is 0 Å². The van der Waals surface area contributed by atoms with Crippen LogP contribution >= 0.6 is 69.0 Å². The molecule has 0 saturated carbocycles. The summed E-state index contributed by atoms with van der Waals surface area (Å²) in [6.45, 7) is 0. The maximum absolute atomic E-state index is 11.3. The Kier molecular flexibility index (Phi) is 6.52. The lowest BCUT2D eigenvalue weighted by Gasteiger charge is -2.14. The Morgan fingerprint density at radius 3 is 1.48 bits per heavy atom. The molecule has 0 aliphatic carbocycles. The smallest absolute Gasteiger partial charge is 0.306 e. The minimum atomic E-state index is -1.03. The van der Waals surface area contributed by atoms with Gasteiger partial charge in [-0.1, -0.05) is 46.4 Å². The van der Waals surface area contributed by atoms with Crippen molar-refractivity contribution in [1.29, 1.82) is 0 Å². The highest BCUT2D eigenvalue weighted by molar-refractivity contribution is 14.1. The number of nitrogens with zero attached hydrogens (tertiary/aromatic N) is 3. The van der Waals surface area contributed by atoms with E-state index in [0.717, 1.165) is 0 Å². The molecule has 1 N–H and O–H groups in total. The molecule has 0 aliphatic rings. The Labute approximate surface area is 182 Å². The van der Waals surface area contributed by atoms with E-state index in [0.29, 0.717) is 15.7 Å². The average Bonchev–Trinajstić information content (AvgIpc) is 2.61. The first-order chi connectivity index (χ1) is 12.5. The van der Waals surface area contributed by atoms with Gasteiger partial charge in [0.25, 0.3) is 5.69 Å². The maximum atomic E-state index is 11.3. The number of nitrogens with one attached hydrogen (secondary N) is 1. The first-order valence-electron chi connectivity index (χ1n) is 6.37. The molecule has 2 aromatic carbocycles. The number of hydrogen-bond acceptors (Lipinski definition) is 7. The number of benzene rings is 2. The van der Waals surface area contributed by atoms with E-state index >= 15 is 0 Å². The fraction of sp³-hybridized carbons (Fsp3) is 0. The van der Waals surface area contributed by atoms with Gasteiger partial charge in [-0.15, -0.1) is 0 Å². The normalized spacial score (nSPS) is 10.6. The van der Waals surface area contributed by atoms with Gasteiger partial charge in [0.1, 0.15) is 0 Å². The number of non-ortho nitro benzene ring substituents is 1. The summed E-state index contributed by atoms with van der Waals surface area (Å²) in [6, 6.07) is 1.13. The fourth-order valence-corrected chi connectivity index (χ4v) is 3.76. The van der Waals surface area contributed by atoms with E-state index < -0.39 is 37.5 Å². The van der Waals surface area contributed by atoms with Crippen LogP contribution in [0.3, 0.4) is 0 Å². The molecule has 0 radical (unpaired) electrons. The third-order valence-corrected chi connectivity index (χ3v) is 6.57. The van der Waals surface area contributed by atoms with Gasteiger partial charge in [0.2, 0.25) is 0 Å². The van der Waals surface area contributed by atoms with Gasteiger partial charge in [-0.2, -0.15) is 0 Å². The van der Waals surface area contributed by atoms with Gasteiger partial charge in [0.15, 0.2) is 5.69 Å². The molecule has 0 bridgehead atoms. The molecular formula is C12H3Cl4IN4O6. The lowest BCUT2D eigenvalue weighted by atomic mass is 10.2. The lowest BCUT2D eigenvalue weighted by Crippen LogP contribution is -2.04. The molecule has 0 aromatic heterocycles. The van der Waals surface area contributed by atoms with E-state index in [4.69, 9.17) is 46.4 Å². The van der Waals surface area contributed by atoms with Crippen molar-refractivity contribution in [3.63, 3.8) is 0 Å². The molecule has 0 unspecified atom stereocenters. The lowest BCUT2D eigenvalue weighted by molar-refractivity contribution is -0.401. The summed E-state index contributed by atoms with van der Waals surface area (Å²) in [7, 11) is 0. The molecule has 15 heteroatoms.